The number of nitrogen functional groups attached to an aromatic ring is 1. The number of carbonyl (C=O) groups excluding carboxylic acids is 1. The van der Waals surface area contributed by atoms with E-state index in [1.165, 1.54) is 13.4 Å². The van der Waals surface area contributed by atoms with Gasteiger partial charge in [-0.25, -0.2) is 15.8 Å². The van der Waals surface area contributed by atoms with Crippen LogP contribution in [0.4, 0.5) is 0 Å². The second-order valence-electron chi connectivity index (χ2n) is 5.78. The van der Waals surface area contributed by atoms with Crippen molar-refractivity contribution in [2.75, 3.05) is 14.2 Å². The summed E-state index contributed by atoms with van der Waals surface area (Å²) in [6.45, 7) is 0. The molecule has 0 aliphatic heterocycles. The van der Waals surface area contributed by atoms with Gasteiger partial charge in [-0.3, -0.25) is 10.2 Å². The summed E-state index contributed by atoms with van der Waals surface area (Å²) in [5, 5.41) is 0. The smallest absolute Gasteiger partial charge is 0.268 e. The summed E-state index contributed by atoms with van der Waals surface area (Å²) in [4.78, 5) is 20.7. The molecule has 7 heteroatoms. The Morgan fingerprint density at radius 2 is 1.81 bits per heavy atom. The summed E-state index contributed by atoms with van der Waals surface area (Å²) in [7, 11) is 3.13. The van der Waals surface area contributed by atoms with E-state index >= 15 is 0 Å². The minimum Gasteiger partial charge on any atom is -0.496 e. The predicted molar refractivity (Wildman–Crippen MR) is 101 cm³/mol. The van der Waals surface area contributed by atoms with Gasteiger partial charge in [-0.2, -0.15) is 0 Å². The molecule has 0 atom stereocenters. The van der Waals surface area contributed by atoms with Crippen LogP contribution in [0.15, 0.2) is 54.9 Å². The average molecular weight is 364 g/mol. The third kappa shape index (κ3) is 4.04. The molecule has 1 heterocycles. The van der Waals surface area contributed by atoms with Crippen molar-refractivity contribution < 1.29 is 14.3 Å². The van der Waals surface area contributed by atoms with Crippen molar-refractivity contribution >= 4 is 5.91 Å². The van der Waals surface area contributed by atoms with E-state index in [0.717, 1.165) is 28.3 Å². The van der Waals surface area contributed by atoms with Crippen molar-refractivity contribution in [3.8, 4) is 22.8 Å². The first-order chi connectivity index (χ1) is 13.2. The van der Waals surface area contributed by atoms with Crippen LogP contribution in [0.2, 0.25) is 0 Å². The highest BCUT2D eigenvalue weighted by atomic mass is 16.5. The number of benzene rings is 2. The minimum absolute atomic E-state index is 0.372. The van der Waals surface area contributed by atoms with Gasteiger partial charge in [-0.05, 0) is 35.9 Å². The number of nitrogens with zero attached hydrogens (tertiary/aromatic N) is 2. The van der Waals surface area contributed by atoms with E-state index in [2.05, 4.69) is 15.4 Å². The van der Waals surface area contributed by atoms with Crippen molar-refractivity contribution in [3.05, 3.63) is 71.7 Å². The Bertz CT molecular complexity index is 959. The molecule has 3 rings (SSSR count). The molecule has 138 valence electrons. The van der Waals surface area contributed by atoms with E-state index in [9.17, 15) is 4.79 Å². The van der Waals surface area contributed by atoms with Crippen molar-refractivity contribution in [1.82, 2.24) is 15.4 Å². The Morgan fingerprint density at radius 3 is 2.56 bits per heavy atom. The van der Waals surface area contributed by atoms with Crippen LogP contribution in [0.25, 0.3) is 11.3 Å². The van der Waals surface area contributed by atoms with Crippen LogP contribution >= 0.6 is 0 Å². The van der Waals surface area contributed by atoms with Gasteiger partial charge < -0.3 is 9.47 Å². The van der Waals surface area contributed by atoms with E-state index in [-0.39, 0.29) is 0 Å². The molecule has 0 aliphatic rings. The number of nitrogens with one attached hydrogen (secondary N) is 1. The molecular weight excluding hydrogens is 344 g/mol. The maximum absolute atomic E-state index is 12.0. The third-order valence-corrected chi connectivity index (χ3v) is 4.13. The Hall–Kier alpha value is -3.45. The van der Waals surface area contributed by atoms with Gasteiger partial charge in [-0.1, -0.05) is 18.2 Å². The summed E-state index contributed by atoms with van der Waals surface area (Å²) in [6.07, 6.45) is 2.05. The number of nitrogens with two attached hydrogens (primary N) is 1. The molecule has 0 spiro atoms. The minimum atomic E-state index is -0.411. The number of carbonyl (C=O) groups is 1. The van der Waals surface area contributed by atoms with Gasteiger partial charge in [0.2, 0.25) is 0 Å². The Balaban J connectivity index is 1.92. The number of hydrogen-bond donors (Lipinski definition) is 2. The monoisotopic (exact) mass is 364 g/mol. The fraction of sp³-hybridized carbons (Fsp3) is 0.150. The lowest BCUT2D eigenvalue weighted by molar-refractivity contribution is 0.0950. The molecule has 1 amide bonds. The van der Waals surface area contributed by atoms with Crippen LogP contribution in [0, 0.1) is 0 Å². The number of hydrazine groups is 1. The van der Waals surface area contributed by atoms with Gasteiger partial charge in [0.1, 0.15) is 17.8 Å². The van der Waals surface area contributed by atoms with Crippen molar-refractivity contribution in [3.63, 3.8) is 0 Å². The Kier molecular flexibility index (Phi) is 5.63. The predicted octanol–water partition coefficient (Wildman–Crippen LogP) is 2.36. The van der Waals surface area contributed by atoms with Crippen LogP contribution in [0.3, 0.4) is 0 Å². The molecule has 3 aromatic rings. The highest BCUT2D eigenvalue weighted by molar-refractivity contribution is 5.96. The lowest BCUT2D eigenvalue weighted by Crippen LogP contribution is -2.30. The quantitative estimate of drug-likeness (QED) is 0.396. The summed E-state index contributed by atoms with van der Waals surface area (Å²) < 4.78 is 10.6. The molecule has 1 aromatic heterocycles. The lowest BCUT2D eigenvalue weighted by atomic mass is 10.0. The molecule has 7 nitrogen and oxygen atoms in total. The molecule has 27 heavy (non-hydrogen) atoms. The molecule has 0 unspecified atom stereocenters. The van der Waals surface area contributed by atoms with Crippen molar-refractivity contribution in [2.45, 2.75) is 6.42 Å². The van der Waals surface area contributed by atoms with Crippen molar-refractivity contribution in [1.29, 1.82) is 0 Å². The Labute approximate surface area is 157 Å². The van der Waals surface area contributed by atoms with E-state index in [1.54, 1.807) is 19.2 Å². The van der Waals surface area contributed by atoms with Crippen LogP contribution < -0.4 is 20.7 Å². The van der Waals surface area contributed by atoms with E-state index in [1.807, 2.05) is 36.4 Å². The molecule has 0 saturated heterocycles. The summed E-state index contributed by atoms with van der Waals surface area (Å²) >= 11 is 0. The number of rotatable bonds is 6. The van der Waals surface area contributed by atoms with Gasteiger partial charge in [-0.15, -0.1) is 0 Å². The van der Waals surface area contributed by atoms with Gasteiger partial charge in [0.05, 0.1) is 25.5 Å². The fourth-order valence-corrected chi connectivity index (χ4v) is 2.83. The molecule has 0 aliphatic carbocycles. The first-order valence-electron chi connectivity index (χ1n) is 8.28. The zero-order valence-electron chi connectivity index (χ0n) is 15.1. The maximum Gasteiger partial charge on any atom is 0.268 e. The third-order valence-electron chi connectivity index (χ3n) is 4.13. The standard InChI is InChI=1S/C20H20N4O3/c1-26-18-6-4-3-5-15(18)17-11-14(22-12-23-17)9-13-7-8-19(27-2)16(10-13)20(25)24-21/h3-8,10-12H,9,21H2,1-2H3,(H,24,25). The number of hydrogen-bond acceptors (Lipinski definition) is 6. The van der Waals surface area contributed by atoms with Gasteiger partial charge in [0.25, 0.3) is 5.91 Å². The van der Waals surface area contributed by atoms with Crippen LogP contribution in [0.1, 0.15) is 21.6 Å². The van der Waals surface area contributed by atoms with Gasteiger partial charge >= 0.3 is 0 Å². The number of para-hydroxylation sites is 1. The first-order valence-corrected chi connectivity index (χ1v) is 8.28. The second-order valence-corrected chi connectivity index (χ2v) is 5.78. The van der Waals surface area contributed by atoms with Gasteiger partial charge in [0, 0.05) is 17.7 Å². The van der Waals surface area contributed by atoms with Crippen LogP contribution in [-0.4, -0.2) is 30.1 Å². The lowest BCUT2D eigenvalue weighted by Gasteiger charge is -2.11. The highest BCUT2D eigenvalue weighted by Gasteiger charge is 2.13. The molecular formula is C20H20N4O3. The number of methoxy groups -OCH3 is 2. The SMILES string of the molecule is COc1ccc(Cc2cc(-c3ccccc3OC)ncn2)cc1C(=O)NN. The maximum atomic E-state index is 12.0. The first kappa shape index (κ1) is 18.3. The summed E-state index contributed by atoms with van der Waals surface area (Å²) in [5.41, 5.74) is 5.88. The number of ether oxygens (including phenoxy) is 2. The molecule has 0 saturated carbocycles. The largest absolute Gasteiger partial charge is 0.496 e. The normalized spacial score (nSPS) is 10.3. The van der Waals surface area contributed by atoms with Crippen molar-refractivity contribution in [2.24, 2.45) is 5.84 Å². The summed E-state index contributed by atoms with van der Waals surface area (Å²) in [6, 6.07) is 14.9. The molecule has 0 bridgehead atoms. The molecule has 3 N–H and O–H groups in total. The fourth-order valence-electron chi connectivity index (χ4n) is 2.83. The zero-order valence-corrected chi connectivity index (χ0v) is 15.1. The van der Waals surface area contributed by atoms with E-state index in [4.69, 9.17) is 15.3 Å². The Morgan fingerprint density at radius 1 is 1.04 bits per heavy atom. The number of amides is 1. The van der Waals surface area contributed by atoms with E-state index < -0.39 is 5.91 Å². The van der Waals surface area contributed by atoms with Crippen LogP contribution in [0.5, 0.6) is 11.5 Å². The summed E-state index contributed by atoms with van der Waals surface area (Å²) in [5.74, 6) is 6.04. The molecule has 0 radical (unpaired) electrons. The number of aromatic nitrogens is 2. The van der Waals surface area contributed by atoms with E-state index in [0.29, 0.717) is 17.7 Å². The van der Waals surface area contributed by atoms with Crippen LogP contribution in [-0.2, 0) is 6.42 Å². The molecule has 2 aromatic carbocycles. The second kappa shape index (κ2) is 8.29. The average Bonchev–Trinajstić information content (AvgIpc) is 2.73. The topological polar surface area (TPSA) is 99.4 Å². The van der Waals surface area contributed by atoms with Gasteiger partial charge in [0.15, 0.2) is 0 Å². The molecule has 0 fully saturated rings. The zero-order chi connectivity index (χ0) is 19.2. The highest BCUT2D eigenvalue weighted by Crippen LogP contribution is 2.28.